The summed E-state index contributed by atoms with van der Waals surface area (Å²) in [6.07, 6.45) is -18.4. The lowest BCUT2D eigenvalue weighted by molar-refractivity contribution is -0.362. The van der Waals surface area contributed by atoms with Crippen molar-refractivity contribution in [1.29, 1.82) is 0 Å². The lowest BCUT2D eigenvalue weighted by Gasteiger charge is -2.50. The number of anilines is 1. The van der Waals surface area contributed by atoms with Gasteiger partial charge in [-0.1, -0.05) is 261 Å². The molecule has 18 atom stereocenters. The number of amides is 1. The van der Waals surface area contributed by atoms with Gasteiger partial charge in [-0.2, -0.15) is 0 Å². The number of sulfone groups is 1. The van der Waals surface area contributed by atoms with Crippen LogP contribution in [0.15, 0.2) is 314 Å². The molecule has 11 aromatic carbocycles. The smallest absolute Gasteiger partial charge is 0.309 e. The number of nitrogens with zero attached hydrogens (tertiary/aromatic N) is 1. The van der Waals surface area contributed by atoms with Crippen LogP contribution in [0.25, 0.3) is 11.1 Å². The zero-order chi connectivity index (χ0) is 84.3. The molecule has 6 unspecified atom stereocenters. The topological polar surface area (TPSA) is 254 Å². The second kappa shape index (κ2) is 41.7. The first-order chi connectivity index (χ1) is 59.5. The number of carboxylic acid groups (broad SMARTS) is 1. The number of β-lactam (4-membered cyclic amide) rings is 1. The molecule has 1 saturated carbocycles. The maximum absolute atomic E-state index is 15.7. The standard InChI is InChI=1S/C99H99F2NO19S/c100-76-44-40-74(41-45-76)82(118-83-54-81(98(107)108)88(103)90(105)89(83)104)53-52-80-87(102(97(80)106)78-48-46-77(101)47-49-78)75-38-36-72(37-39-75)73-42-50-79(51-43-73)122(109,110)64-86-92(114-58-68-28-14-4-15-29-68)94(115-59-69-30-16-5-17-31-69)93(85(119-86)63-112-56-66-24-10-2-11-25-66)121-99-96(117-61-71-34-20-7-21-35-71)95(116-60-70-32-18-6-19-33-70)91(113-57-67-26-12-3-13-27-67)84(120-99)62-111-55-65-22-8-1-9-23-65/h1-51,80-96,99,103-105H,52-64H2,(H,107,108)/t80-,81?,82+,83-,84?,85?,86+,87-,88-,89?,90+,91-,92?,93-,94+,95-,96?,99+/m1/s1. The van der Waals surface area contributed by atoms with Crippen LogP contribution in [0.2, 0.25) is 0 Å². The molecule has 1 aliphatic carbocycles. The Morgan fingerprint density at radius 1 is 0.434 bits per heavy atom. The van der Waals surface area contributed by atoms with Crippen molar-refractivity contribution >= 4 is 27.4 Å². The Hall–Kier alpha value is -10.4. The molecule has 20 nitrogen and oxygen atoms in total. The van der Waals surface area contributed by atoms with E-state index in [1.807, 2.05) is 237 Å². The van der Waals surface area contributed by atoms with E-state index >= 15 is 8.42 Å². The number of benzene rings is 11. The highest BCUT2D eigenvalue weighted by Gasteiger charge is 2.56. The lowest BCUT2D eigenvalue weighted by atomic mass is 9.77. The average molecular weight is 1680 g/mol. The van der Waals surface area contributed by atoms with Gasteiger partial charge in [0.15, 0.2) is 16.1 Å². The molecular formula is C99H99F2NO19S. The van der Waals surface area contributed by atoms with Crippen LogP contribution >= 0.6 is 0 Å². The molecule has 1 amide bonds. The second-order valence-corrected chi connectivity index (χ2v) is 33.3. The Labute approximate surface area is 708 Å². The largest absolute Gasteiger partial charge is 0.481 e. The molecule has 0 spiro atoms. The Kier molecular flexibility index (Phi) is 29.6. The van der Waals surface area contributed by atoms with Gasteiger partial charge in [0, 0.05) is 5.69 Å². The van der Waals surface area contributed by atoms with Crippen LogP contribution in [-0.4, -0.2) is 145 Å². The molecule has 15 rings (SSSR count). The fourth-order valence-electron chi connectivity index (χ4n) is 16.5. The van der Waals surface area contributed by atoms with Crippen molar-refractivity contribution in [2.75, 3.05) is 23.9 Å². The molecule has 0 bridgehead atoms. The highest BCUT2D eigenvalue weighted by Crippen LogP contribution is 2.48. The number of carbonyl (C=O) groups excluding carboxylic acids is 1. The van der Waals surface area contributed by atoms with E-state index in [1.54, 1.807) is 29.2 Å². The van der Waals surface area contributed by atoms with E-state index < -0.39 is 143 Å². The van der Waals surface area contributed by atoms with Crippen molar-refractivity contribution in [2.45, 2.75) is 168 Å². The number of halogens is 2. The van der Waals surface area contributed by atoms with Gasteiger partial charge in [0.1, 0.15) is 78.8 Å². The zero-order valence-electron chi connectivity index (χ0n) is 67.1. The molecule has 122 heavy (non-hydrogen) atoms. The van der Waals surface area contributed by atoms with Gasteiger partial charge in [0.25, 0.3) is 0 Å². The summed E-state index contributed by atoms with van der Waals surface area (Å²) >= 11 is 0. The number of aliphatic carboxylic acids is 1. The molecule has 3 saturated heterocycles. The van der Waals surface area contributed by atoms with Gasteiger partial charge in [-0.3, -0.25) is 9.59 Å². The number of carboxylic acids is 1. The number of rotatable bonds is 38. The summed E-state index contributed by atoms with van der Waals surface area (Å²) in [7, 11) is -4.33. The van der Waals surface area contributed by atoms with E-state index in [4.69, 9.17) is 52.1 Å². The number of hydrogen-bond acceptors (Lipinski definition) is 18. The van der Waals surface area contributed by atoms with E-state index in [0.29, 0.717) is 27.9 Å². The van der Waals surface area contributed by atoms with Crippen LogP contribution < -0.4 is 4.90 Å². The summed E-state index contributed by atoms with van der Waals surface area (Å²) in [6, 6.07) is 92.5. The quantitative estimate of drug-likeness (QED) is 0.0262. The van der Waals surface area contributed by atoms with Crippen molar-refractivity contribution in [3.05, 3.63) is 371 Å². The van der Waals surface area contributed by atoms with Gasteiger partial charge in [0.05, 0.1) is 106 Å². The number of aliphatic hydroxyl groups excluding tert-OH is 3. The van der Waals surface area contributed by atoms with Crippen molar-refractivity contribution in [3.8, 4) is 11.1 Å². The maximum Gasteiger partial charge on any atom is 0.309 e. The van der Waals surface area contributed by atoms with Crippen LogP contribution in [0.5, 0.6) is 0 Å². The molecule has 3 heterocycles. The fourth-order valence-corrected chi connectivity index (χ4v) is 17.9. The lowest BCUT2D eigenvalue weighted by Crippen LogP contribution is -2.66. The Balaban J connectivity index is 0.749. The number of ether oxygens (including phenoxy) is 11. The Morgan fingerprint density at radius 2 is 0.828 bits per heavy atom. The summed E-state index contributed by atoms with van der Waals surface area (Å²) in [4.78, 5) is 28.3. The van der Waals surface area contributed by atoms with Crippen LogP contribution in [0.1, 0.15) is 81.5 Å². The van der Waals surface area contributed by atoms with Crippen LogP contribution in [0.3, 0.4) is 0 Å². The van der Waals surface area contributed by atoms with Crippen LogP contribution in [0, 0.1) is 23.5 Å². The molecule has 0 radical (unpaired) electrons. The zero-order valence-corrected chi connectivity index (χ0v) is 67.9. The number of aliphatic hydroxyl groups is 3. The third kappa shape index (κ3) is 22.0. The summed E-state index contributed by atoms with van der Waals surface area (Å²) in [5.41, 5.74) is 9.05. The molecule has 4 aliphatic rings. The van der Waals surface area contributed by atoms with Gasteiger partial charge in [-0.25, -0.2) is 17.2 Å². The average Bonchev–Trinajstić information content (AvgIpc) is 0.738. The summed E-state index contributed by atoms with van der Waals surface area (Å²) < 4.78 is 138. The minimum Gasteiger partial charge on any atom is -0.481 e. The van der Waals surface area contributed by atoms with Gasteiger partial charge in [-0.05, 0) is 129 Å². The van der Waals surface area contributed by atoms with E-state index in [-0.39, 0.29) is 89.5 Å². The molecule has 11 aromatic rings. The van der Waals surface area contributed by atoms with Crippen molar-refractivity contribution in [1.82, 2.24) is 0 Å². The normalized spacial score (nSPS) is 25.0. The van der Waals surface area contributed by atoms with Gasteiger partial charge < -0.3 is 77.4 Å². The summed E-state index contributed by atoms with van der Waals surface area (Å²) in [5.74, 6) is -5.49. The SMILES string of the molecule is O=C(O)C1C[C@@H](O[C@@H](CC[C@H]2C(=O)N(c3ccc(F)cc3)[C@@H]2c2ccc(-c3ccc(S(=O)(=O)C[C@@H]4OC(COCc5ccccc5)[C@@H](O[C@@H]5OC(COCc6ccccc6)[C@@H](OCc6ccccc6)[C@@H](OCc6ccccc6)C5OCc5ccccc5)[C@@H](OCc5ccccc5)C4OCc4ccccc4)cc3)cc2)c2ccc(F)cc2)C(O)[C@@H](O)[C@@H]1O. The molecule has 3 aliphatic heterocycles. The Morgan fingerprint density at radius 3 is 1.28 bits per heavy atom. The monoisotopic (exact) mass is 1680 g/mol. The van der Waals surface area contributed by atoms with Gasteiger partial charge >= 0.3 is 5.97 Å². The maximum atomic E-state index is 15.7. The molecule has 23 heteroatoms. The molecular weight excluding hydrogens is 1580 g/mol. The van der Waals surface area contributed by atoms with Gasteiger partial charge in [0.2, 0.25) is 5.91 Å². The van der Waals surface area contributed by atoms with Crippen molar-refractivity contribution < 1.29 is 99.3 Å². The van der Waals surface area contributed by atoms with E-state index in [9.17, 15) is 38.8 Å². The molecule has 634 valence electrons. The predicted octanol–water partition coefficient (Wildman–Crippen LogP) is 15.4. The third-order valence-corrected chi connectivity index (χ3v) is 24.7. The third-order valence-electron chi connectivity index (χ3n) is 22.9. The fraction of sp³-hybridized carbons (Fsp3) is 0.313. The van der Waals surface area contributed by atoms with Crippen LogP contribution in [-0.2, 0) is 118 Å². The number of carbonyl (C=O) groups is 2. The summed E-state index contributed by atoms with van der Waals surface area (Å²) in [5, 5.41) is 42.4. The highest BCUT2D eigenvalue weighted by molar-refractivity contribution is 7.91. The van der Waals surface area contributed by atoms with Crippen molar-refractivity contribution in [2.24, 2.45) is 11.8 Å². The number of hydrogen-bond donors (Lipinski definition) is 4. The first-order valence-corrected chi connectivity index (χ1v) is 42.9. The predicted molar refractivity (Wildman–Crippen MR) is 451 cm³/mol. The van der Waals surface area contributed by atoms with E-state index in [1.165, 1.54) is 48.5 Å². The molecule has 4 N–H and O–H groups in total. The second-order valence-electron chi connectivity index (χ2n) is 31.3. The minimum atomic E-state index is -4.33. The van der Waals surface area contributed by atoms with E-state index in [2.05, 4.69) is 0 Å². The first kappa shape index (κ1) is 86.5. The van der Waals surface area contributed by atoms with Crippen molar-refractivity contribution in [3.63, 3.8) is 0 Å². The first-order valence-electron chi connectivity index (χ1n) is 41.2. The van der Waals surface area contributed by atoms with Crippen LogP contribution in [0.4, 0.5) is 14.5 Å². The van der Waals surface area contributed by atoms with Gasteiger partial charge in [-0.15, -0.1) is 0 Å². The molecule has 4 fully saturated rings. The van der Waals surface area contributed by atoms with E-state index in [0.717, 1.165) is 38.9 Å². The molecule has 0 aromatic heterocycles. The Bertz CT molecular complexity index is 5190. The summed E-state index contributed by atoms with van der Waals surface area (Å²) in [6.45, 7) is 0.726. The minimum absolute atomic E-state index is 0.00381. The highest BCUT2D eigenvalue weighted by atomic mass is 32.2.